The van der Waals surface area contributed by atoms with E-state index in [1.54, 1.807) is 0 Å². The number of ether oxygens (including phenoxy) is 1. The van der Waals surface area contributed by atoms with E-state index in [4.69, 9.17) is 4.74 Å². The van der Waals surface area contributed by atoms with Crippen LogP contribution in [0, 0.1) is 5.41 Å². The van der Waals surface area contributed by atoms with Gasteiger partial charge in [0, 0.05) is 5.41 Å². The molecule has 0 bridgehead atoms. The first-order valence-electron chi connectivity index (χ1n) is 5.62. The van der Waals surface area contributed by atoms with Gasteiger partial charge in [0.05, 0.1) is 13.0 Å². The minimum Gasteiger partial charge on any atom is -0.466 e. The van der Waals surface area contributed by atoms with E-state index in [2.05, 4.69) is 18.7 Å². The molecule has 2 nitrogen and oxygen atoms in total. The van der Waals surface area contributed by atoms with Crippen LogP contribution < -0.4 is 0 Å². The van der Waals surface area contributed by atoms with Crippen LogP contribution in [0.1, 0.15) is 34.1 Å². The first kappa shape index (κ1) is 12.8. The van der Waals surface area contributed by atoms with Crippen molar-refractivity contribution in [3.63, 3.8) is 0 Å². The van der Waals surface area contributed by atoms with Gasteiger partial charge < -0.3 is 4.74 Å². The normalized spacial score (nSPS) is 24.9. The summed E-state index contributed by atoms with van der Waals surface area (Å²) in [5.41, 5.74) is 3.03. The molecule has 0 saturated carbocycles. The minimum absolute atomic E-state index is 0.162. The average molecular weight is 220 g/mol. The third-order valence-corrected chi connectivity index (χ3v) is 2.97. The Labute approximate surface area is 97.7 Å². The Morgan fingerprint density at radius 3 is 2.69 bits per heavy atom. The van der Waals surface area contributed by atoms with Crippen molar-refractivity contribution in [2.24, 2.45) is 5.41 Å². The Hall–Kier alpha value is -1.31. The molecule has 0 spiro atoms. The lowest BCUT2D eigenvalue weighted by atomic mass is 9.72. The van der Waals surface area contributed by atoms with E-state index in [1.165, 1.54) is 5.57 Å². The topological polar surface area (TPSA) is 26.3 Å². The summed E-state index contributed by atoms with van der Waals surface area (Å²) in [5, 5.41) is 0. The molecule has 0 aromatic rings. The van der Waals surface area contributed by atoms with Gasteiger partial charge in [-0.15, -0.1) is 0 Å². The fraction of sp³-hybridized carbons (Fsp3) is 0.500. The molecule has 16 heavy (non-hydrogen) atoms. The van der Waals surface area contributed by atoms with Crippen molar-refractivity contribution in [3.8, 4) is 0 Å². The molecule has 1 unspecified atom stereocenters. The number of hydrogen-bond acceptors (Lipinski definition) is 2. The lowest BCUT2D eigenvalue weighted by Crippen LogP contribution is -2.25. The summed E-state index contributed by atoms with van der Waals surface area (Å²) >= 11 is 0. The van der Waals surface area contributed by atoms with Gasteiger partial charge in [0.25, 0.3) is 0 Å². The van der Waals surface area contributed by atoms with E-state index in [-0.39, 0.29) is 11.4 Å². The molecule has 1 aliphatic rings. The molecule has 0 aliphatic heterocycles. The highest BCUT2D eigenvalue weighted by molar-refractivity contribution is 5.72. The van der Waals surface area contributed by atoms with Crippen LogP contribution in [-0.2, 0) is 9.53 Å². The van der Waals surface area contributed by atoms with Crippen LogP contribution in [0.25, 0.3) is 0 Å². The van der Waals surface area contributed by atoms with E-state index in [0.717, 1.165) is 11.1 Å². The fourth-order valence-electron chi connectivity index (χ4n) is 2.18. The summed E-state index contributed by atoms with van der Waals surface area (Å²) in [6, 6.07) is 0. The van der Waals surface area contributed by atoms with Gasteiger partial charge in [-0.2, -0.15) is 0 Å². The number of esters is 1. The maximum Gasteiger partial charge on any atom is 0.306 e. The van der Waals surface area contributed by atoms with Crippen LogP contribution in [0.3, 0.4) is 0 Å². The lowest BCUT2D eigenvalue weighted by Gasteiger charge is -2.32. The van der Waals surface area contributed by atoms with Crippen LogP contribution in [0.15, 0.2) is 35.5 Å². The molecule has 0 aromatic heterocycles. The van der Waals surface area contributed by atoms with Gasteiger partial charge in [-0.05, 0) is 31.9 Å². The summed E-state index contributed by atoms with van der Waals surface area (Å²) in [5.74, 6) is -0.162. The Balaban J connectivity index is 2.89. The highest BCUT2D eigenvalue weighted by atomic mass is 16.5. The van der Waals surface area contributed by atoms with E-state index in [9.17, 15) is 4.79 Å². The van der Waals surface area contributed by atoms with Gasteiger partial charge in [0.15, 0.2) is 0 Å². The van der Waals surface area contributed by atoms with Crippen LogP contribution in [0.5, 0.6) is 0 Å². The molecule has 0 amide bonds. The van der Waals surface area contributed by atoms with Crippen LogP contribution in [0.4, 0.5) is 0 Å². The number of allylic oxidation sites excluding steroid dienone is 5. The monoisotopic (exact) mass is 220 g/mol. The smallest absolute Gasteiger partial charge is 0.306 e. The molecule has 88 valence electrons. The average Bonchev–Trinajstić information content (AvgIpc) is 2.13. The molecule has 2 heteroatoms. The Kier molecular flexibility index (Phi) is 3.74. The van der Waals surface area contributed by atoms with E-state index >= 15 is 0 Å². The lowest BCUT2D eigenvalue weighted by molar-refractivity contribution is -0.144. The zero-order valence-electron chi connectivity index (χ0n) is 10.6. The number of carbonyl (C=O) groups is 1. The number of rotatable bonds is 3. The Morgan fingerprint density at radius 2 is 2.12 bits per heavy atom. The van der Waals surface area contributed by atoms with Crippen molar-refractivity contribution < 1.29 is 9.53 Å². The Morgan fingerprint density at radius 1 is 1.50 bits per heavy atom. The van der Waals surface area contributed by atoms with Crippen molar-refractivity contribution in [2.75, 3.05) is 6.61 Å². The first-order chi connectivity index (χ1) is 7.39. The standard InChI is InChI=1S/C14H20O2/c1-6-16-13(15)9-14(5)8-10(2)7-11(3)12(14)4/h7-8H,4,6,9H2,1-3,5H3. The predicted molar refractivity (Wildman–Crippen MR) is 66.0 cm³/mol. The van der Waals surface area contributed by atoms with Gasteiger partial charge in [-0.25, -0.2) is 0 Å². The molecule has 0 saturated heterocycles. The summed E-state index contributed by atoms with van der Waals surface area (Å²) < 4.78 is 5.00. The zero-order valence-corrected chi connectivity index (χ0v) is 10.6. The van der Waals surface area contributed by atoms with Gasteiger partial charge in [-0.1, -0.05) is 31.2 Å². The third kappa shape index (κ3) is 2.63. The highest BCUT2D eigenvalue weighted by Crippen LogP contribution is 2.40. The maximum absolute atomic E-state index is 11.6. The van der Waals surface area contributed by atoms with E-state index in [0.29, 0.717) is 13.0 Å². The molecule has 1 atom stereocenters. The van der Waals surface area contributed by atoms with Gasteiger partial charge in [0.1, 0.15) is 0 Å². The van der Waals surface area contributed by atoms with Crippen molar-refractivity contribution in [1.29, 1.82) is 0 Å². The Bertz CT molecular complexity index is 374. The van der Waals surface area contributed by atoms with Crippen LogP contribution in [0.2, 0.25) is 0 Å². The zero-order chi connectivity index (χ0) is 12.3. The molecular formula is C14H20O2. The van der Waals surface area contributed by atoms with Crippen molar-refractivity contribution >= 4 is 5.97 Å². The van der Waals surface area contributed by atoms with Crippen molar-refractivity contribution in [1.82, 2.24) is 0 Å². The highest BCUT2D eigenvalue weighted by Gasteiger charge is 2.31. The SMILES string of the molecule is C=C1C(C)=CC(C)=CC1(C)CC(=O)OCC. The van der Waals surface area contributed by atoms with Gasteiger partial charge >= 0.3 is 5.97 Å². The molecule has 0 fully saturated rings. The molecule has 0 aromatic carbocycles. The minimum atomic E-state index is -0.296. The fourth-order valence-corrected chi connectivity index (χ4v) is 2.18. The first-order valence-corrected chi connectivity index (χ1v) is 5.62. The number of carbonyl (C=O) groups excluding carboxylic acids is 1. The molecule has 1 aliphatic carbocycles. The predicted octanol–water partition coefficient (Wildman–Crippen LogP) is 3.41. The van der Waals surface area contributed by atoms with E-state index in [1.807, 2.05) is 27.7 Å². The third-order valence-electron chi connectivity index (χ3n) is 2.97. The molecule has 0 heterocycles. The van der Waals surface area contributed by atoms with Crippen LogP contribution >= 0.6 is 0 Å². The van der Waals surface area contributed by atoms with Gasteiger partial charge in [-0.3, -0.25) is 4.79 Å². The van der Waals surface area contributed by atoms with Gasteiger partial charge in [0.2, 0.25) is 0 Å². The molecule has 0 N–H and O–H groups in total. The maximum atomic E-state index is 11.6. The van der Waals surface area contributed by atoms with E-state index < -0.39 is 0 Å². The number of hydrogen-bond donors (Lipinski definition) is 0. The molecule has 0 radical (unpaired) electrons. The largest absolute Gasteiger partial charge is 0.466 e. The summed E-state index contributed by atoms with van der Waals surface area (Å²) in [4.78, 5) is 11.6. The van der Waals surface area contributed by atoms with Crippen molar-refractivity contribution in [2.45, 2.75) is 34.1 Å². The van der Waals surface area contributed by atoms with Crippen LogP contribution in [-0.4, -0.2) is 12.6 Å². The van der Waals surface area contributed by atoms with Crippen molar-refractivity contribution in [3.05, 3.63) is 35.5 Å². The quantitative estimate of drug-likeness (QED) is 0.681. The second kappa shape index (κ2) is 4.69. The molecule has 1 rings (SSSR count). The summed E-state index contributed by atoms with van der Waals surface area (Å²) in [6.07, 6.45) is 4.55. The molecular weight excluding hydrogens is 200 g/mol. The second-order valence-corrected chi connectivity index (χ2v) is 4.59. The summed E-state index contributed by atoms with van der Waals surface area (Å²) in [6.45, 7) is 12.4. The second-order valence-electron chi connectivity index (χ2n) is 4.59. The summed E-state index contributed by atoms with van der Waals surface area (Å²) in [7, 11) is 0.